The summed E-state index contributed by atoms with van der Waals surface area (Å²) in [5.41, 5.74) is 0.684. The van der Waals surface area contributed by atoms with Gasteiger partial charge >= 0.3 is 0 Å². The molecule has 3 nitrogen and oxygen atoms in total. The van der Waals surface area contributed by atoms with Crippen molar-refractivity contribution in [2.45, 2.75) is 11.8 Å². The van der Waals surface area contributed by atoms with Crippen molar-refractivity contribution >= 4 is 21.4 Å². The zero-order chi connectivity index (χ0) is 10.3. The van der Waals surface area contributed by atoms with Crippen molar-refractivity contribution in [2.75, 3.05) is 12.4 Å². The molecule has 0 N–H and O–H groups in total. The maximum absolute atomic E-state index is 11.7. The molecule has 0 saturated carbocycles. The van der Waals surface area contributed by atoms with Crippen molar-refractivity contribution in [3.8, 4) is 5.75 Å². The molecule has 0 radical (unpaired) electrons. The monoisotopic (exact) mass is 232 g/mol. The van der Waals surface area contributed by atoms with Crippen LogP contribution in [-0.2, 0) is 9.84 Å². The highest BCUT2D eigenvalue weighted by Gasteiger charge is 2.28. The minimum Gasteiger partial charge on any atom is -0.490 e. The second kappa shape index (κ2) is 3.14. The quantitative estimate of drug-likeness (QED) is 0.685. The Morgan fingerprint density at radius 2 is 2.14 bits per heavy atom. The van der Waals surface area contributed by atoms with Gasteiger partial charge in [0.2, 0.25) is 0 Å². The van der Waals surface area contributed by atoms with Crippen LogP contribution in [0.15, 0.2) is 17.0 Å². The van der Waals surface area contributed by atoms with Gasteiger partial charge in [0.05, 0.1) is 10.8 Å². The minimum atomic E-state index is -3.20. The molecular weight excluding hydrogens is 224 g/mol. The number of rotatable bonds is 0. The number of sulfone groups is 1. The van der Waals surface area contributed by atoms with E-state index in [1.54, 1.807) is 19.1 Å². The number of ether oxygens (including phenoxy) is 1. The molecule has 1 aliphatic heterocycles. The van der Waals surface area contributed by atoms with Gasteiger partial charge in [0.25, 0.3) is 0 Å². The molecule has 0 fully saturated rings. The van der Waals surface area contributed by atoms with Crippen LogP contribution in [-0.4, -0.2) is 20.8 Å². The summed E-state index contributed by atoms with van der Waals surface area (Å²) in [5.74, 6) is 0.333. The van der Waals surface area contributed by atoms with E-state index in [-0.39, 0.29) is 17.3 Å². The van der Waals surface area contributed by atoms with E-state index < -0.39 is 9.84 Å². The SMILES string of the molecule is Cc1ccc(Cl)c2c1S(=O)(=O)CCO2. The molecule has 0 amide bonds. The van der Waals surface area contributed by atoms with Gasteiger partial charge in [0.1, 0.15) is 11.5 Å². The summed E-state index contributed by atoms with van der Waals surface area (Å²) in [6.07, 6.45) is 0. The highest BCUT2D eigenvalue weighted by atomic mass is 35.5. The van der Waals surface area contributed by atoms with Crippen LogP contribution < -0.4 is 4.74 Å². The normalized spacial score (nSPS) is 18.4. The summed E-state index contributed by atoms with van der Waals surface area (Å²) >= 11 is 5.85. The molecule has 1 aliphatic rings. The van der Waals surface area contributed by atoms with Crippen molar-refractivity contribution in [2.24, 2.45) is 0 Å². The van der Waals surface area contributed by atoms with Crippen molar-refractivity contribution < 1.29 is 13.2 Å². The molecule has 0 aliphatic carbocycles. The van der Waals surface area contributed by atoms with Crippen LogP contribution >= 0.6 is 11.6 Å². The fourth-order valence-electron chi connectivity index (χ4n) is 1.51. The number of halogens is 1. The topological polar surface area (TPSA) is 43.4 Å². The van der Waals surface area contributed by atoms with E-state index in [1.807, 2.05) is 0 Å². The number of hydrogen-bond donors (Lipinski definition) is 0. The van der Waals surface area contributed by atoms with Gasteiger partial charge in [-0.25, -0.2) is 8.42 Å². The molecule has 1 aromatic carbocycles. The molecule has 14 heavy (non-hydrogen) atoms. The van der Waals surface area contributed by atoms with Crippen LogP contribution in [0, 0.1) is 6.92 Å². The summed E-state index contributed by atoms with van der Waals surface area (Å²) in [5, 5.41) is 0.355. The predicted octanol–water partition coefficient (Wildman–Crippen LogP) is 1.81. The van der Waals surface area contributed by atoms with Crippen molar-refractivity contribution in [1.82, 2.24) is 0 Å². The van der Waals surface area contributed by atoms with Gasteiger partial charge in [0.15, 0.2) is 15.6 Å². The molecule has 1 heterocycles. The minimum absolute atomic E-state index is 0.0290. The molecule has 76 valence electrons. The Morgan fingerprint density at radius 3 is 2.79 bits per heavy atom. The van der Waals surface area contributed by atoms with Crippen LogP contribution in [0.25, 0.3) is 0 Å². The predicted molar refractivity (Wildman–Crippen MR) is 53.7 cm³/mol. The lowest BCUT2D eigenvalue weighted by Crippen LogP contribution is -2.22. The lowest BCUT2D eigenvalue weighted by molar-refractivity contribution is 0.322. The zero-order valence-electron chi connectivity index (χ0n) is 7.58. The Hall–Kier alpha value is -0.740. The third-order valence-corrected chi connectivity index (χ3v) is 4.30. The smallest absolute Gasteiger partial charge is 0.185 e. The molecular formula is C9H9ClO3S. The van der Waals surface area contributed by atoms with Gasteiger partial charge in [-0.15, -0.1) is 0 Å². The largest absolute Gasteiger partial charge is 0.490 e. The first kappa shape index (κ1) is 9.80. The van der Waals surface area contributed by atoms with Gasteiger partial charge in [-0.3, -0.25) is 0 Å². The molecule has 2 rings (SSSR count). The standard InChI is InChI=1S/C9H9ClO3S/c1-6-2-3-7(10)8-9(6)14(11,12)5-4-13-8/h2-3H,4-5H2,1H3. The molecule has 0 atom stereocenters. The highest BCUT2D eigenvalue weighted by molar-refractivity contribution is 7.91. The third kappa shape index (κ3) is 1.38. The summed E-state index contributed by atoms with van der Waals surface area (Å²) in [6, 6.07) is 3.34. The van der Waals surface area contributed by atoms with E-state index in [9.17, 15) is 8.42 Å². The summed E-state index contributed by atoms with van der Waals surface area (Å²) < 4.78 is 28.7. The van der Waals surface area contributed by atoms with Crippen LogP contribution in [0.2, 0.25) is 5.02 Å². The van der Waals surface area contributed by atoms with Gasteiger partial charge in [-0.2, -0.15) is 0 Å². The average Bonchev–Trinajstić information content (AvgIpc) is 2.10. The van der Waals surface area contributed by atoms with Gasteiger partial charge in [-0.05, 0) is 18.6 Å². The Labute approximate surface area is 87.6 Å². The second-order valence-electron chi connectivity index (χ2n) is 3.19. The van der Waals surface area contributed by atoms with E-state index in [0.717, 1.165) is 0 Å². The summed E-state index contributed by atoms with van der Waals surface area (Å²) in [6.45, 7) is 1.92. The lowest BCUT2D eigenvalue weighted by Gasteiger charge is -2.20. The van der Waals surface area contributed by atoms with Crippen molar-refractivity contribution in [3.63, 3.8) is 0 Å². The first-order valence-corrected chi connectivity index (χ1v) is 6.20. The molecule has 0 saturated heterocycles. The number of benzene rings is 1. The van der Waals surface area contributed by atoms with Crippen LogP contribution in [0.1, 0.15) is 5.56 Å². The van der Waals surface area contributed by atoms with E-state index in [1.165, 1.54) is 0 Å². The molecule has 0 spiro atoms. The molecule has 0 bridgehead atoms. The van der Waals surface area contributed by atoms with E-state index in [0.29, 0.717) is 16.3 Å². The molecule has 5 heteroatoms. The Morgan fingerprint density at radius 1 is 1.43 bits per heavy atom. The van der Waals surface area contributed by atoms with Gasteiger partial charge in [-0.1, -0.05) is 17.7 Å². The van der Waals surface area contributed by atoms with Crippen LogP contribution in [0.4, 0.5) is 0 Å². The maximum atomic E-state index is 11.7. The Bertz CT molecular complexity index is 479. The second-order valence-corrected chi connectivity index (χ2v) is 5.64. The van der Waals surface area contributed by atoms with Gasteiger partial charge in [0, 0.05) is 0 Å². The zero-order valence-corrected chi connectivity index (χ0v) is 9.15. The molecule has 0 aromatic heterocycles. The Kier molecular flexibility index (Phi) is 2.20. The molecule has 1 aromatic rings. The van der Waals surface area contributed by atoms with E-state index in [4.69, 9.17) is 16.3 Å². The number of hydrogen-bond acceptors (Lipinski definition) is 3. The third-order valence-electron chi connectivity index (χ3n) is 2.17. The van der Waals surface area contributed by atoms with Crippen LogP contribution in [0.3, 0.4) is 0 Å². The maximum Gasteiger partial charge on any atom is 0.185 e. The lowest BCUT2D eigenvalue weighted by atomic mass is 10.2. The first-order valence-electron chi connectivity index (χ1n) is 4.17. The van der Waals surface area contributed by atoms with Crippen molar-refractivity contribution in [1.29, 1.82) is 0 Å². The van der Waals surface area contributed by atoms with E-state index >= 15 is 0 Å². The number of aryl methyl sites for hydroxylation is 1. The van der Waals surface area contributed by atoms with Gasteiger partial charge < -0.3 is 4.74 Å². The van der Waals surface area contributed by atoms with Crippen molar-refractivity contribution in [3.05, 3.63) is 22.7 Å². The molecule has 0 unspecified atom stereocenters. The fourth-order valence-corrected chi connectivity index (χ4v) is 3.30. The Balaban J connectivity index is 2.81. The fraction of sp³-hybridized carbons (Fsp3) is 0.333. The van der Waals surface area contributed by atoms with E-state index in [2.05, 4.69) is 0 Å². The summed E-state index contributed by atoms with van der Waals surface area (Å²) in [4.78, 5) is 0.247. The highest BCUT2D eigenvalue weighted by Crippen LogP contribution is 2.37. The summed E-state index contributed by atoms with van der Waals surface area (Å²) in [7, 11) is -3.20. The number of fused-ring (bicyclic) bond motifs is 1. The first-order chi connectivity index (χ1) is 6.52. The van der Waals surface area contributed by atoms with Crippen LogP contribution in [0.5, 0.6) is 5.75 Å². The average molecular weight is 233 g/mol.